The maximum Gasteiger partial charge on any atom is 0.258 e. The molecule has 0 radical (unpaired) electrons. The van der Waals surface area contributed by atoms with E-state index in [0.717, 1.165) is 21.2 Å². The minimum atomic E-state index is -0.248. The van der Waals surface area contributed by atoms with Crippen LogP contribution in [0.3, 0.4) is 0 Å². The summed E-state index contributed by atoms with van der Waals surface area (Å²) in [4.78, 5) is 28.3. The molecule has 1 aliphatic heterocycles. The van der Waals surface area contributed by atoms with Crippen LogP contribution in [0.15, 0.2) is 77.7 Å². The lowest BCUT2D eigenvalue weighted by Gasteiger charge is -2.16. The number of nitrogens with zero attached hydrogens (tertiary/aromatic N) is 3. The normalized spacial score (nSPS) is 15.3. The lowest BCUT2D eigenvalue weighted by molar-refractivity contribution is -0.117. The Morgan fingerprint density at radius 1 is 1.00 bits per heavy atom. The molecule has 2 amide bonds. The van der Waals surface area contributed by atoms with Gasteiger partial charge in [-0.25, -0.2) is 0 Å². The Morgan fingerprint density at radius 2 is 1.69 bits per heavy atom. The number of benzene rings is 3. The number of halogens is 2. The topological polar surface area (TPSA) is 75.2 Å². The van der Waals surface area contributed by atoms with E-state index >= 15 is 0 Å². The zero-order chi connectivity index (χ0) is 25.1. The number of aromatic nitrogens is 2. The summed E-state index contributed by atoms with van der Waals surface area (Å²) in [6.07, 6.45) is 0.343. The van der Waals surface area contributed by atoms with Gasteiger partial charge < -0.3 is 4.90 Å². The van der Waals surface area contributed by atoms with E-state index in [4.69, 9.17) is 23.2 Å². The molecule has 1 aromatic heterocycles. The quantitative estimate of drug-likeness (QED) is 0.251. The fourth-order valence-electron chi connectivity index (χ4n) is 3.88. The van der Waals surface area contributed by atoms with Gasteiger partial charge in [-0.1, -0.05) is 58.8 Å². The van der Waals surface area contributed by atoms with Crippen LogP contribution in [0.1, 0.15) is 33.3 Å². The highest BCUT2D eigenvalue weighted by Gasteiger charge is 2.34. The zero-order valence-corrected chi connectivity index (χ0v) is 22.0. The summed E-state index contributed by atoms with van der Waals surface area (Å²) in [5, 5.41) is 13.7. The van der Waals surface area contributed by atoms with Crippen molar-refractivity contribution in [2.45, 2.75) is 23.0 Å². The summed E-state index contributed by atoms with van der Waals surface area (Å²) in [6, 6.07) is 22.3. The lowest BCUT2D eigenvalue weighted by atomic mass is 10.1. The minimum absolute atomic E-state index is 0.0229. The Labute approximate surface area is 226 Å². The molecule has 4 aromatic rings. The maximum absolute atomic E-state index is 13.1. The molecule has 1 unspecified atom stereocenters. The number of hydrogen-bond acceptors (Lipinski definition) is 6. The Balaban J connectivity index is 1.24. The number of nitrogens with one attached hydrogen (secondary N) is 1. The second-order valence-electron chi connectivity index (χ2n) is 8.19. The molecule has 1 fully saturated rings. The molecule has 1 N–H and O–H groups in total. The lowest BCUT2D eigenvalue weighted by Crippen LogP contribution is -2.24. The first kappa shape index (κ1) is 24.8. The summed E-state index contributed by atoms with van der Waals surface area (Å²) in [6.45, 7) is 0.507. The highest BCUT2D eigenvalue weighted by atomic mass is 35.5. The molecule has 0 saturated carbocycles. The largest absolute Gasteiger partial charge is 0.312 e. The summed E-state index contributed by atoms with van der Waals surface area (Å²) in [7, 11) is 0. The van der Waals surface area contributed by atoms with Crippen molar-refractivity contribution in [2.75, 3.05) is 16.8 Å². The molecule has 5 rings (SSSR count). The van der Waals surface area contributed by atoms with E-state index in [9.17, 15) is 9.59 Å². The smallest absolute Gasteiger partial charge is 0.258 e. The second kappa shape index (κ2) is 11.0. The number of anilines is 2. The molecule has 10 heteroatoms. The van der Waals surface area contributed by atoms with Gasteiger partial charge >= 0.3 is 0 Å². The van der Waals surface area contributed by atoms with E-state index in [-0.39, 0.29) is 17.7 Å². The Hall–Kier alpha value is -2.91. The van der Waals surface area contributed by atoms with E-state index in [1.165, 1.54) is 11.3 Å². The van der Waals surface area contributed by atoms with Crippen molar-refractivity contribution in [1.82, 2.24) is 10.2 Å². The first-order valence-corrected chi connectivity index (χ1v) is 13.7. The van der Waals surface area contributed by atoms with Crippen LogP contribution in [0.4, 0.5) is 10.8 Å². The van der Waals surface area contributed by atoms with E-state index < -0.39 is 0 Å². The Kier molecular flexibility index (Phi) is 7.57. The van der Waals surface area contributed by atoms with Crippen molar-refractivity contribution in [3.05, 3.63) is 99.0 Å². The Morgan fingerprint density at radius 3 is 2.44 bits per heavy atom. The van der Waals surface area contributed by atoms with Crippen molar-refractivity contribution in [3.63, 3.8) is 0 Å². The average molecular weight is 556 g/mol. The summed E-state index contributed by atoms with van der Waals surface area (Å²) >= 11 is 14.8. The number of carbonyl (C=O) groups is 2. The van der Waals surface area contributed by atoms with E-state index in [0.29, 0.717) is 39.5 Å². The van der Waals surface area contributed by atoms with Crippen LogP contribution in [0, 0.1) is 0 Å². The van der Waals surface area contributed by atoms with Crippen LogP contribution in [0.2, 0.25) is 10.0 Å². The van der Waals surface area contributed by atoms with Crippen molar-refractivity contribution in [1.29, 1.82) is 0 Å². The molecule has 1 saturated heterocycles. The fourth-order valence-corrected chi connectivity index (χ4v) is 5.97. The van der Waals surface area contributed by atoms with Crippen LogP contribution < -0.4 is 10.2 Å². The van der Waals surface area contributed by atoms with Crippen LogP contribution in [0.5, 0.6) is 0 Å². The number of carbonyl (C=O) groups excluding carboxylic acids is 2. The van der Waals surface area contributed by atoms with Crippen molar-refractivity contribution < 1.29 is 9.59 Å². The molecular weight excluding hydrogens is 535 g/mol. The second-order valence-corrected chi connectivity index (χ2v) is 11.1. The summed E-state index contributed by atoms with van der Waals surface area (Å²) in [5.41, 5.74) is 2.49. The van der Waals surface area contributed by atoms with Gasteiger partial charge in [0.1, 0.15) is 5.01 Å². The minimum Gasteiger partial charge on any atom is -0.312 e. The van der Waals surface area contributed by atoms with Gasteiger partial charge in [-0.05, 0) is 54.1 Å². The molecule has 36 heavy (non-hydrogen) atoms. The van der Waals surface area contributed by atoms with Gasteiger partial charge in [0.25, 0.3) is 5.91 Å². The SMILES string of the molecule is O=C(Nc1nnc(C2CC(=O)N(c3ccc(Cl)cc3)C2)s1)c1ccccc1SCc1ccc(Cl)cc1. The van der Waals surface area contributed by atoms with Gasteiger partial charge in [0.15, 0.2) is 0 Å². The monoisotopic (exact) mass is 554 g/mol. The van der Waals surface area contributed by atoms with Crippen molar-refractivity contribution in [3.8, 4) is 0 Å². The average Bonchev–Trinajstić information content (AvgIpc) is 3.51. The molecule has 0 aliphatic carbocycles. The highest BCUT2D eigenvalue weighted by Crippen LogP contribution is 2.35. The van der Waals surface area contributed by atoms with Crippen molar-refractivity contribution in [2.24, 2.45) is 0 Å². The van der Waals surface area contributed by atoms with Crippen LogP contribution in [0.25, 0.3) is 0 Å². The molecular formula is C26H20Cl2N4O2S2. The van der Waals surface area contributed by atoms with Crippen LogP contribution in [-0.4, -0.2) is 28.6 Å². The van der Waals surface area contributed by atoms with Gasteiger partial charge in [-0.2, -0.15) is 0 Å². The number of amides is 2. The third-order valence-electron chi connectivity index (χ3n) is 5.71. The molecule has 2 heterocycles. The third-order valence-corrected chi connectivity index (χ3v) is 8.36. The standard InChI is InChI=1S/C26H20Cl2N4O2S2/c27-18-7-5-16(6-8-18)15-35-22-4-2-1-3-21(22)24(34)29-26-31-30-25(36-26)17-13-23(33)32(14-17)20-11-9-19(28)10-12-20/h1-12,17H,13-15H2,(H,29,31,34). The fraction of sp³-hybridized carbons (Fsp3) is 0.154. The summed E-state index contributed by atoms with van der Waals surface area (Å²) in [5.74, 6) is 0.403. The third kappa shape index (κ3) is 5.73. The number of hydrogen-bond donors (Lipinski definition) is 1. The van der Waals surface area contributed by atoms with Crippen molar-refractivity contribution >= 4 is 68.9 Å². The number of thioether (sulfide) groups is 1. The van der Waals surface area contributed by atoms with Gasteiger partial charge in [-0.15, -0.1) is 22.0 Å². The molecule has 0 spiro atoms. The first-order valence-electron chi connectivity index (χ1n) is 11.1. The van der Waals surface area contributed by atoms with E-state index in [1.54, 1.807) is 34.9 Å². The van der Waals surface area contributed by atoms with Gasteiger partial charge in [0, 0.05) is 45.3 Å². The molecule has 6 nitrogen and oxygen atoms in total. The van der Waals surface area contributed by atoms with Gasteiger partial charge in [-0.3, -0.25) is 14.9 Å². The predicted molar refractivity (Wildman–Crippen MR) is 146 cm³/mol. The highest BCUT2D eigenvalue weighted by molar-refractivity contribution is 7.98. The Bertz CT molecular complexity index is 1390. The maximum atomic E-state index is 13.1. The number of rotatable bonds is 7. The summed E-state index contributed by atoms with van der Waals surface area (Å²) < 4.78 is 0. The molecule has 1 aliphatic rings. The van der Waals surface area contributed by atoms with Crippen LogP contribution in [-0.2, 0) is 10.5 Å². The van der Waals surface area contributed by atoms with Gasteiger partial charge in [0.05, 0.1) is 5.56 Å². The van der Waals surface area contributed by atoms with E-state index in [2.05, 4.69) is 15.5 Å². The van der Waals surface area contributed by atoms with E-state index in [1.807, 2.05) is 54.6 Å². The molecule has 3 aromatic carbocycles. The molecule has 182 valence electrons. The van der Waals surface area contributed by atoms with Gasteiger partial charge in [0.2, 0.25) is 11.0 Å². The first-order chi connectivity index (χ1) is 17.5. The van der Waals surface area contributed by atoms with Crippen LogP contribution >= 0.6 is 46.3 Å². The predicted octanol–water partition coefficient (Wildman–Crippen LogP) is 6.91. The zero-order valence-electron chi connectivity index (χ0n) is 18.9. The molecule has 1 atom stereocenters. The molecule has 0 bridgehead atoms.